The summed E-state index contributed by atoms with van der Waals surface area (Å²) in [5.41, 5.74) is 3.42. The molecule has 2 amide bonds. The fourth-order valence-electron chi connectivity index (χ4n) is 3.31. The Hall–Kier alpha value is -2.82. The number of benzene rings is 2. The lowest BCUT2D eigenvalue weighted by molar-refractivity contribution is -0.142. The van der Waals surface area contributed by atoms with Crippen LogP contribution in [0, 0.1) is 13.8 Å². The van der Waals surface area contributed by atoms with Gasteiger partial charge in [0.15, 0.2) is 6.61 Å². The Kier molecular flexibility index (Phi) is 8.90. The van der Waals surface area contributed by atoms with Gasteiger partial charge in [0.1, 0.15) is 11.8 Å². The highest BCUT2D eigenvalue weighted by molar-refractivity contribution is 5.88. The Bertz CT molecular complexity index is 834. The van der Waals surface area contributed by atoms with Gasteiger partial charge in [0, 0.05) is 12.6 Å². The molecule has 5 nitrogen and oxygen atoms in total. The summed E-state index contributed by atoms with van der Waals surface area (Å²) in [5, 5.41) is 2.94. The number of hydrogen-bond acceptors (Lipinski definition) is 3. The molecule has 0 saturated heterocycles. The van der Waals surface area contributed by atoms with Crippen molar-refractivity contribution in [3.8, 4) is 5.75 Å². The first-order valence-corrected chi connectivity index (χ1v) is 10.7. The average Bonchev–Trinajstić information content (AvgIpc) is 2.71. The molecule has 0 aliphatic carbocycles. The summed E-state index contributed by atoms with van der Waals surface area (Å²) in [7, 11) is 0. The number of hydrogen-bond donors (Lipinski definition) is 1. The molecular formula is C25H34N2O3. The van der Waals surface area contributed by atoms with Crippen LogP contribution in [0.5, 0.6) is 5.75 Å². The van der Waals surface area contributed by atoms with Gasteiger partial charge in [-0.05, 0) is 69.4 Å². The van der Waals surface area contributed by atoms with Crippen LogP contribution in [0.15, 0.2) is 48.5 Å². The van der Waals surface area contributed by atoms with Gasteiger partial charge in [-0.15, -0.1) is 0 Å². The second kappa shape index (κ2) is 11.4. The molecule has 2 aromatic carbocycles. The lowest BCUT2D eigenvalue weighted by Gasteiger charge is -2.31. The molecule has 0 aliphatic rings. The van der Waals surface area contributed by atoms with Gasteiger partial charge in [-0.2, -0.15) is 0 Å². The molecule has 1 atom stereocenters. The summed E-state index contributed by atoms with van der Waals surface area (Å²) in [5.74, 6) is 0.351. The molecule has 0 heterocycles. The van der Waals surface area contributed by atoms with Crippen LogP contribution in [0.4, 0.5) is 0 Å². The van der Waals surface area contributed by atoms with Gasteiger partial charge in [-0.1, -0.05) is 43.3 Å². The van der Waals surface area contributed by atoms with Crippen molar-refractivity contribution < 1.29 is 14.3 Å². The molecule has 0 fully saturated rings. The first-order valence-electron chi connectivity index (χ1n) is 10.7. The van der Waals surface area contributed by atoms with Gasteiger partial charge in [0.2, 0.25) is 5.91 Å². The summed E-state index contributed by atoms with van der Waals surface area (Å²) < 4.78 is 5.77. The lowest BCUT2D eigenvalue weighted by atomic mass is 10.1. The minimum Gasteiger partial charge on any atom is -0.484 e. The van der Waals surface area contributed by atoms with E-state index in [4.69, 9.17) is 4.74 Å². The number of ether oxygens (including phenoxy) is 1. The molecule has 2 rings (SSSR count). The van der Waals surface area contributed by atoms with E-state index in [2.05, 4.69) is 5.32 Å². The number of amides is 2. The molecule has 0 bridgehead atoms. The monoisotopic (exact) mass is 410 g/mol. The van der Waals surface area contributed by atoms with Crippen LogP contribution in [0.3, 0.4) is 0 Å². The molecule has 0 radical (unpaired) electrons. The van der Waals surface area contributed by atoms with Crippen LogP contribution in [0.1, 0.15) is 43.9 Å². The van der Waals surface area contributed by atoms with Gasteiger partial charge in [-0.25, -0.2) is 0 Å². The van der Waals surface area contributed by atoms with Crippen molar-refractivity contribution in [1.29, 1.82) is 0 Å². The predicted molar refractivity (Wildman–Crippen MR) is 121 cm³/mol. The van der Waals surface area contributed by atoms with Gasteiger partial charge in [0.05, 0.1) is 0 Å². The van der Waals surface area contributed by atoms with Gasteiger partial charge < -0.3 is 15.0 Å². The normalized spacial score (nSPS) is 11.8. The smallest absolute Gasteiger partial charge is 0.261 e. The molecule has 5 heteroatoms. The van der Waals surface area contributed by atoms with Gasteiger partial charge >= 0.3 is 0 Å². The van der Waals surface area contributed by atoms with E-state index in [1.54, 1.807) is 4.90 Å². The molecule has 162 valence electrons. The van der Waals surface area contributed by atoms with Gasteiger partial charge in [0.25, 0.3) is 5.91 Å². The minimum absolute atomic E-state index is 0.0180. The molecule has 0 spiro atoms. The van der Waals surface area contributed by atoms with Crippen LogP contribution in [-0.2, 0) is 16.0 Å². The van der Waals surface area contributed by atoms with Crippen LogP contribution in [0.2, 0.25) is 0 Å². The fourth-order valence-corrected chi connectivity index (χ4v) is 3.31. The second-order valence-corrected chi connectivity index (χ2v) is 7.94. The highest BCUT2D eigenvalue weighted by atomic mass is 16.5. The maximum Gasteiger partial charge on any atom is 0.261 e. The molecule has 30 heavy (non-hydrogen) atoms. The number of carbonyl (C=O) groups is 2. The Balaban J connectivity index is 2.13. The third kappa shape index (κ3) is 6.90. The number of carbonyl (C=O) groups excluding carboxylic acids is 2. The van der Waals surface area contributed by atoms with E-state index in [9.17, 15) is 9.59 Å². The number of rotatable bonds is 10. The van der Waals surface area contributed by atoms with E-state index in [-0.39, 0.29) is 24.5 Å². The largest absolute Gasteiger partial charge is 0.484 e. The van der Waals surface area contributed by atoms with Crippen molar-refractivity contribution in [2.24, 2.45) is 0 Å². The number of nitrogens with zero attached hydrogens (tertiary/aromatic N) is 1. The van der Waals surface area contributed by atoms with Crippen molar-refractivity contribution in [3.05, 3.63) is 65.2 Å². The topological polar surface area (TPSA) is 58.6 Å². The Labute approximate surface area is 180 Å². The summed E-state index contributed by atoms with van der Waals surface area (Å²) in [6.45, 7) is 10.2. The van der Waals surface area contributed by atoms with E-state index in [0.29, 0.717) is 25.1 Å². The zero-order valence-corrected chi connectivity index (χ0v) is 18.8. The number of aryl methyl sites for hydroxylation is 2. The SMILES string of the molecule is CC[C@@H](C(=O)NC(C)C)N(CCc1ccccc1)C(=O)COc1ccc(C)c(C)c1. The average molecular weight is 411 g/mol. The Morgan fingerprint density at radius 3 is 2.33 bits per heavy atom. The van der Waals surface area contributed by atoms with Crippen LogP contribution in [-0.4, -0.2) is 41.9 Å². The van der Waals surface area contributed by atoms with Crippen molar-refractivity contribution >= 4 is 11.8 Å². The van der Waals surface area contributed by atoms with Crippen molar-refractivity contribution in [3.63, 3.8) is 0 Å². The highest BCUT2D eigenvalue weighted by Crippen LogP contribution is 2.17. The Morgan fingerprint density at radius 1 is 1.03 bits per heavy atom. The summed E-state index contributed by atoms with van der Waals surface area (Å²) in [4.78, 5) is 27.5. The standard InChI is InChI=1S/C25H34N2O3/c1-6-23(25(29)26-18(2)3)27(15-14-21-10-8-7-9-11-21)24(28)17-30-22-13-12-19(4)20(5)16-22/h7-13,16,18,23H,6,14-15,17H2,1-5H3,(H,26,29)/t23-/m0/s1. The molecule has 0 aliphatic heterocycles. The highest BCUT2D eigenvalue weighted by Gasteiger charge is 2.28. The van der Waals surface area contributed by atoms with Crippen LogP contribution in [0.25, 0.3) is 0 Å². The maximum atomic E-state index is 13.1. The maximum absolute atomic E-state index is 13.1. The van der Waals surface area contributed by atoms with E-state index in [1.807, 2.05) is 83.1 Å². The third-order valence-electron chi connectivity index (χ3n) is 5.14. The van der Waals surface area contributed by atoms with E-state index in [1.165, 1.54) is 5.56 Å². The Morgan fingerprint density at radius 2 is 1.73 bits per heavy atom. The quantitative estimate of drug-likeness (QED) is 0.643. The molecule has 0 unspecified atom stereocenters. The first kappa shape index (κ1) is 23.5. The van der Waals surface area contributed by atoms with Crippen molar-refractivity contribution in [2.45, 2.75) is 59.5 Å². The molecule has 2 aromatic rings. The van der Waals surface area contributed by atoms with Gasteiger partial charge in [-0.3, -0.25) is 9.59 Å². The summed E-state index contributed by atoms with van der Waals surface area (Å²) in [6.07, 6.45) is 1.23. The molecular weight excluding hydrogens is 376 g/mol. The number of nitrogens with one attached hydrogen (secondary N) is 1. The van der Waals surface area contributed by atoms with E-state index in [0.717, 1.165) is 11.1 Å². The molecule has 0 saturated carbocycles. The zero-order chi connectivity index (χ0) is 22.1. The van der Waals surface area contributed by atoms with Crippen LogP contribution < -0.4 is 10.1 Å². The third-order valence-corrected chi connectivity index (χ3v) is 5.14. The first-order chi connectivity index (χ1) is 14.3. The summed E-state index contributed by atoms with van der Waals surface area (Å²) >= 11 is 0. The zero-order valence-electron chi connectivity index (χ0n) is 18.8. The lowest BCUT2D eigenvalue weighted by Crippen LogP contribution is -2.52. The fraction of sp³-hybridized carbons (Fsp3) is 0.440. The van der Waals surface area contributed by atoms with E-state index < -0.39 is 6.04 Å². The second-order valence-electron chi connectivity index (χ2n) is 7.94. The van der Waals surface area contributed by atoms with Crippen LogP contribution >= 0.6 is 0 Å². The van der Waals surface area contributed by atoms with Crippen molar-refractivity contribution in [2.75, 3.05) is 13.2 Å². The molecule has 0 aromatic heterocycles. The summed E-state index contributed by atoms with van der Waals surface area (Å²) in [6, 6.07) is 15.3. The molecule has 1 N–H and O–H groups in total. The van der Waals surface area contributed by atoms with Crippen molar-refractivity contribution in [1.82, 2.24) is 10.2 Å². The minimum atomic E-state index is -0.521. The van der Waals surface area contributed by atoms with E-state index >= 15 is 0 Å². The predicted octanol–water partition coefficient (Wildman–Crippen LogP) is 4.06.